The number of ether oxygens (including phenoxy) is 4. The number of benzene rings is 1. The molecule has 0 aromatic heterocycles. The van der Waals surface area contributed by atoms with Crippen LogP contribution < -0.4 is 15.2 Å². The lowest BCUT2D eigenvalue weighted by molar-refractivity contribution is -0.153. The molecule has 0 aliphatic heterocycles. The van der Waals surface area contributed by atoms with Crippen LogP contribution in [0.5, 0.6) is 11.5 Å². The molecule has 0 saturated carbocycles. The Morgan fingerprint density at radius 3 is 2.00 bits per heavy atom. The van der Waals surface area contributed by atoms with Crippen LogP contribution in [0.3, 0.4) is 0 Å². The van der Waals surface area contributed by atoms with Gasteiger partial charge in [-0.25, -0.2) is 0 Å². The summed E-state index contributed by atoms with van der Waals surface area (Å²) in [7, 11) is 1.24. The molecule has 1 aromatic carbocycles. The molecule has 0 fully saturated rings. The average molecular weight is 536 g/mol. The van der Waals surface area contributed by atoms with E-state index in [0.717, 1.165) is 25.7 Å². The van der Waals surface area contributed by atoms with Gasteiger partial charge in [0.2, 0.25) is 0 Å². The molecule has 9 heteroatoms. The Kier molecular flexibility index (Phi) is 15.3. The molecule has 2 atom stereocenters. The van der Waals surface area contributed by atoms with Crippen molar-refractivity contribution in [1.82, 2.24) is 0 Å². The molecule has 0 aliphatic rings. The fourth-order valence-electron chi connectivity index (χ4n) is 3.69. The summed E-state index contributed by atoms with van der Waals surface area (Å²) in [6, 6.07) is 4.73. The highest BCUT2D eigenvalue weighted by Crippen LogP contribution is 2.31. The first kappa shape index (κ1) is 33.1. The minimum atomic E-state index is -1.49. The fourth-order valence-corrected chi connectivity index (χ4v) is 3.69. The van der Waals surface area contributed by atoms with E-state index < -0.39 is 23.4 Å². The van der Waals surface area contributed by atoms with E-state index in [0.29, 0.717) is 24.8 Å². The van der Waals surface area contributed by atoms with Gasteiger partial charge in [0.1, 0.15) is 5.54 Å². The van der Waals surface area contributed by atoms with Crippen LogP contribution >= 0.6 is 0 Å². The van der Waals surface area contributed by atoms with Crippen LogP contribution in [-0.2, 0) is 35.1 Å². The molecular weight excluding hydrogens is 490 g/mol. The standard InChI is InChI=1S/C29H45NO8/c1-6-9-11-13-25(31)37-23-16-15-22(19-24(23)38-26(32)14-12-10-7-2)20-29(30,28(34)35-5)17-18-36-27(33)21(4)8-3/h15-16,19,21H,6-14,17-18,20,30H2,1-5H3/t21-,29?/m0/s1. The van der Waals surface area contributed by atoms with E-state index in [-0.39, 0.29) is 55.7 Å². The summed E-state index contributed by atoms with van der Waals surface area (Å²) in [6.45, 7) is 7.68. The van der Waals surface area contributed by atoms with Gasteiger partial charge >= 0.3 is 23.9 Å². The molecule has 0 heterocycles. The molecular formula is C29H45NO8. The zero-order valence-electron chi connectivity index (χ0n) is 23.6. The first-order chi connectivity index (χ1) is 18.1. The van der Waals surface area contributed by atoms with Crippen molar-refractivity contribution in [2.75, 3.05) is 13.7 Å². The third-order valence-electron chi connectivity index (χ3n) is 6.34. The van der Waals surface area contributed by atoms with E-state index >= 15 is 0 Å². The Balaban J connectivity index is 3.12. The molecule has 0 amide bonds. The van der Waals surface area contributed by atoms with Gasteiger partial charge in [0.15, 0.2) is 11.5 Å². The molecule has 38 heavy (non-hydrogen) atoms. The van der Waals surface area contributed by atoms with Crippen molar-refractivity contribution in [3.8, 4) is 11.5 Å². The zero-order chi connectivity index (χ0) is 28.6. The van der Waals surface area contributed by atoms with Crippen LogP contribution in [0.4, 0.5) is 0 Å². The number of hydrogen-bond donors (Lipinski definition) is 1. The summed E-state index contributed by atoms with van der Waals surface area (Å²) in [5.74, 6) is -1.93. The number of carbonyl (C=O) groups is 4. The molecule has 1 unspecified atom stereocenters. The van der Waals surface area contributed by atoms with Gasteiger partial charge in [-0.05, 0) is 37.0 Å². The lowest BCUT2D eigenvalue weighted by Crippen LogP contribution is -2.51. The van der Waals surface area contributed by atoms with Gasteiger partial charge in [-0.3, -0.25) is 19.2 Å². The highest BCUT2D eigenvalue weighted by Gasteiger charge is 2.36. The summed E-state index contributed by atoms with van der Waals surface area (Å²) in [4.78, 5) is 49.4. The average Bonchev–Trinajstić information content (AvgIpc) is 2.89. The first-order valence-corrected chi connectivity index (χ1v) is 13.7. The molecule has 214 valence electrons. The second-order valence-electron chi connectivity index (χ2n) is 9.69. The topological polar surface area (TPSA) is 131 Å². The van der Waals surface area contributed by atoms with Gasteiger partial charge in [-0.2, -0.15) is 0 Å². The predicted octanol–water partition coefficient (Wildman–Crippen LogP) is 5.05. The van der Waals surface area contributed by atoms with Crippen LogP contribution in [0.15, 0.2) is 18.2 Å². The van der Waals surface area contributed by atoms with Crippen LogP contribution in [0.25, 0.3) is 0 Å². The van der Waals surface area contributed by atoms with Gasteiger partial charge in [-0.15, -0.1) is 0 Å². The van der Waals surface area contributed by atoms with Gasteiger partial charge in [-0.1, -0.05) is 59.4 Å². The maximum atomic E-state index is 12.6. The van der Waals surface area contributed by atoms with Crippen molar-refractivity contribution >= 4 is 23.9 Å². The lowest BCUT2D eigenvalue weighted by atomic mass is 9.88. The SMILES string of the molecule is CCCCCC(=O)Oc1ccc(CC(N)(CCOC(=O)[C@@H](C)CC)C(=O)OC)cc1OC(=O)CCCCC. The number of rotatable bonds is 18. The first-order valence-electron chi connectivity index (χ1n) is 13.7. The van der Waals surface area contributed by atoms with E-state index in [4.69, 9.17) is 24.7 Å². The van der Waals surface area contributed by atoms with Gasteiger partial charge in [0.05, 0.1) is 19.6 Å². The van der Waals surface area contributed by atoms with Crippen molar-refractivity contribution in [2.45, 2.75) is 104 Å². The monoisotopic (exact) mass is 535 g/mol. The number of carbonyl (C=O) groups excluding carboxylic acids is 4. The predicted molar refractivity (Wildman–Crippen MR) is 144 cm³/mol. The molecule has 9 nitrogen and oxygen atoms in total. The normalized spacial score (nSPS) is 13.2. The van der Waals surface area contributed by atoms with Crippen LogP contribution in [0.1, 0.15) is 97.5 Å². The van der Waals surface area contributed by atoms with Crippen LogP contribution in [-0.4, -0.2) is 43.1 Å². The number of unbranched alkanes of at least 4 members (excludes halogenated alkanes) is 4. The minimum Gasteiger partial charge on any atom is -0.468 e. The van der Waals surface area contributed by atoms with Crippen molar-refractivity contribution in [1.29, 1.82) is 0 Å². The third-order valence-corrected chi connectivity index (χ3v) is 6.34. The molecule has 0 saturated heterocycles. The minimum absolute atomic E-state index is 0.0195. The molecule has 0 radical (unpaired) electrons. The lowest BCUT2D eigenvalue weighted by Gasteiger charge is -2.27. The van der Waals surface area contributed by atoms with Crippen LogP contribution in [0, 0.1) is 5.92 Å². The highest BCUT2D eigenvalue weighted by molar-refractivity contribution is 5.81. The summed E-state index contributed by atoms with van der Waals surface area (Å²) in [5.41, 5.74) is 5.51. The summed E-state index contributed by atoms with van der Waals surface area (Å²) >= 11 is 0. The molecule has 1 aromatic rings. The second kappa shape index (κ2) is 17.5. The Morgan fingerprint density at radius 1 is 0.895 bits per heavy atom. The third kappa shape index (κ3) is 11.6. The zero-order valence-corrected chi connectivity index (χ0v) is 23.6. The molecule has 1 rings (SSSR count). The Labute approximate surface area is 226 Å². The fraction of sp³-hybridized carbons (Fsp3) is 0.655. The number of hydrogen-bond acceptors (Lipinski definition) is 9. The van der Waals surface area contributed by atoms with Crippen LogP contribution in [0.2, 0.25) is 0 Å². The van der Waals surface area contributed by atoms with Crippen molar-refractivity contribution in [3.63, 3.8) is 0 Å². The van der Waals surface area contributed by atoms with Crippen molar-refractivity contribution in [2.24, 2.45) is 11.7 Å². The highest BCUT2D eigenvalue weighted by atomic mass is 16.6. The Bertz CT molecular complexity index is 916. The second-order valence-corrected chi connectivity index (χ2v) is 9.69. The summed E-state index contributed by atoms with van der Waals surface area (Å²) < 4.78 is 21.3. The van der Waals surface area contributed by atoms with Crippen molar-refractivity contribution < 1.29 is 38.1 Å². The van der Waals surface area contributed by atoms with Gasteiger partial charge < -0.3 is 24.7 Å². The van der Waals surface area contributed by atoms with Gasteiger partial charge in [0.25, 0.3) is 0 Å². The Hall–Kier alpha value is -2.94. The maximum absolute atomic E-state index is 12.6. The van der Waals surface area contributed by atoms with E-state index in [1.165, 1.54) is 13.2 Å². The molecule has 2 N–H and O–H groups in total. The van der Waals surface area contributed by atoms with E-state index in [1.807, 2.05) is 20.8 Å². The number of nitrogens with two attached hydrogens (primary N) is 1. The molecule has 0 aliphatic carbocycles. The summed E-state index contributed by atoms with van der Waals surface area (Å²) in [6.07, 6.45) is 6.29. The quantitative estimate of drug-likeness (QED) is 0.156. The number of esters is 4. The van der Waals surface area contributed by atoms with Gasteiger partial charge in [0, 0.05) is 25.7 Å². The van der Waals surface area contributed by atoms with E-state index in [2.05, 4.69) is 0 Å². The Morgan fingerprint density at radius 2 is 1.47 bits per heavy atom. The summed E-state index contributed by atoms with van der Waals surface area (Å²) in [5, 5.41) is 0. The molecule has 0 bridgehead atoms. The van der Waals surface area contributed by atoms with Crippen molar-refractivity contribution in [3.05, 3.63) is 23.8 Å². The largest absolute Gasteiger partial charge is 0.468 e. The molecule has 0 spiro atoms. The number of methoxy groups -OCH3 is 1. The maximum Gasteiger partial charge on any atom is 0.326 e. The van der Waals surface area contributed by atoms with E-state index in [9.17, 15) is 19.2 Å². The van der Waals surface area contributed by atoms with E-state index in [1.54, 1.807) is 19.1 Å². The smallest absolute Gasteiger partial charge is 0.326 e.